The van der Waals surface area contributed by atoms with Crippen LogP contribution >= 0.6 is 11.6 Å². The van der Waals surface area contributed by atoms with Gasteiger partial charge in [-0.25, -0.2) is 0 Å². The van der Waals surface area contributed by atoms with Gasteiger partial charge in [0.15, 0.2) is 11.5 Å². The number of benzene rings is 2. The summed E-state index contributed by atoms with van der Waals surface area (Å²) in [6.45, 7) is 2.37. The zero-order chi connectivity index (χ0) is 22.5. The lowest BCUT2D eigenvalue weighted by Gasteiger charge is -2.34. The molecule has 4 rings (SSSR count). The number of ether oxygens (including phenoxy) is 2. The maximum Gasteiger partial charge on any atom is 0.247 e. The average molecular weight is 457 g/mol. The average Bonchev–Trinajstić information content (AvgIpc) is 3.28. The fraction of sp³-hybridized carbons (Fsp3) is 0.440. The minimum atomic E-state index is -0.769. The van der Waals surface area contributed by atoms with Crippen LogP contribution in [-0.4, -0.2) is 35.4 Å². The number of nitrogens with zero attached hydrogens (tertiary/aromatic N) is 1. The van der Waals surface area contributed by atoms with Crippen LogP contribution in [0.25, 0.3) is 0 Å². The summed E-state index contributed by atoms with van der Waals surface area (Å²) in [5, 5.41) is 3.21. The third-order valence-electron chi connectivity index (χ3n) is 6.22. The number of nitrogens with one attached hydrogen (secondary N) is 1. The molecule has 0 aromatic heterocycles. The predicted molar refractivity (Wildman–Crippen MR) is 123 cm³/mol. The summed E-state index contributed by atoms with van der Waals surface area (Å²) in [6.07, 6.45) is 5.37. The van der Waals surface area contributed by atoms with E-state index in [0.29, 0.717) is 11.5 Å². The Balaban J connectivity index is 1.67. The smallest absolute Gasteiger partial charge is 0.247 e. The molecule has 170 valence electrons. The van der Waals surface area contributed by atoms with Crippen LogP contribution in [0.4, 0.5) is 0 Å². The minimum Gasteiger partial charge on any atom is -0.454 e. The van der Waals surface area contributed by atoms with Gasteiger partial charge in [0, 0.05) is 12.6 Å². The number of halogens is 1. The van der Waals surface area contributed by atoms with E-state index >= 15 is 0 Å². The van der Waals surface area contributed by atoms with Gasteiger partial charge >= 0.3 is 0 Å². The molecule has 2 aromatic carbocycles. The summed E-state index contributed by atoms with van der Waals surface area (Å²) < 4.78 is 10.9. The number of hydrogen-bond donors (Lipinski definition) is 1. The molecule has 1 aliphatic heterocycles. The molecular weight excluding hydrogens is 428 g/mol. The van der Waals surface area contributed by atoms with E-state index in [9.17, 15) is 9.59 Å². The molecule has 6 nitrogen and oxygen atoms in total. The van der Waals surface area contributed by atoms with Gasteiger partial charge in [-0.3, -0.25) is 9.59 Å². The fourth-order valence-corrected chi connectivity index (χ4v) is 4.66. The van der Waals surface area contributed by atoms with Crippen molar-refractivity contribution in [3.63, 3.8) is 0 Å². The maximum atomic E-state index is 13.6. The van der Waals surface area contributed by atoms with Crippen LogP contribution in [0.1, 0.15) is 54.8 Å². The number of carbonyl (C=O) groups is 2. The van der Waals surface area contributed by atoms with Gasteiger partial charge in [-0.1, -0.05) is 49.6 Å². The standard InChI is InChI=1S/C25H29ClN2O4/c1-17-7-5-6-10-20(17)24(25(30)27-19-8-3-2-4-9-19)28(23(29)14-26)15-18-11-12-21-22(13-18)32-16-31-21/h5-7,10-13,19,24H,2-4,8-9,14-16H2,1H3,(H,27,30)/t24-/m0/s1. The van der Waals surface area contributed by atoms with Crippen LogP contribution in [0.15, 0.2) is 42.5 Å². The van der Waals surface area contributed by atoms with E-state index in [2.05, 4.69) is 5.32 Å². The van der Waals surface area contributed by atoms with Crippen molar-refractivity contribution in [3.05, 3.63) is 59.2 Å². The lowest BCUT2D eigenvalue weighted by molar-refractivity contribution is -0.140. The van der Waals surface area contributed by atoms with Crippen molar-refractivity contribution in [3.8, 4) is 11.5 Å². The van der Waals surface area contributed by atoms with Gasteiger partial charge in [-0.2, -0.15) is 0 Å². The Hall–Kier alpha value is -2.73. The molecule has 1 atom stereocenters. The fourth-order valence-electron chi connectivity index (χ4n) is 4.51. The van der Waals surface area contributed by atoms with E-state index in [1.807, 2.05) is 49.4 Å². The summed E-state index contributed by atoms with van der Waals surface area (Å²) >= 11 is 6.01. The Kier molecular flexibility index (Phi) is 7.20. The number of hydrogen-bond acceptors (Lipinski definition) is 4. The summed E-state index contributed by atoms with van der Waals surface area (Å²) in [4.78, 5) is 28.2. The molecule has 32 heavy (non-hydrogen) atoms. The zero-order valence-electron chi connectivity index (χ0n) is 18.3. The van der Waals surface area contributed by atoms with E-state index in [4.69, 9.17) is 21.1 Å². The second-order valence-electron chi connectivity index (χ2n) is 8.45. The lowest BCUT2D eigenvalue weighted by atomic mass is 9.94. The molecule has 1 saturated carbocycles. The van der Waals surface area contributed by atoms with Crippen molar-refractivity contribution in [1.82, 2.24) is 10.2 Å². The molecule has 0 bridgehead atoms. The summed E-state index contributed by atoms with van der Waals surface area (Å²) in [5.74, 6) is 0.653. The van der Waals surface area contributed by atoms with Crippen molar-refractivity contribution < 1.29 is 19.1 Å². The van der Waals surface area contributed by atoms with Gasteiger partial charge in [0.25, 0.3) is 0 Å². The summed E-state index contributed by atoms with van der Waals surface area (Å²) in [6, 6.07) is 12.6. The van der Waals surface area contributed by atoms with E-state index in [1.54, 1.807) is 4.90 Å². The van der Waals surface area contributed by atoms with E-state index in [-0.39, 0.29) is 37.1 Å². The third-order valence-corrected chi connectivity index (χ3v) is 6.45. The molecule has 1 aliphatic carbocycles. The second kappa shape index (κ2) is 10.3. The van der Waals surface area contributed by atoms with Crippen molar-refractivity contribution in [2.24, 2.45) is 0 Å². The topological polar surface area (TPSA) is 67.9 Å². The Bertz CT molecular complexity index is 974. The van der Waals surface area contributed by atoms with Crippen molar-refractivity contribution in [2.45, 2.75) is 57.7 Å². The summed E-state index contributed by atoms with van der Waals surface area (Å²) in [5.41, 5.74) is 2.60. The number of amides is 2. The van der Waals surface area contributed by atoms with Gasteiger partial charge in [-0.05, 0) is 48.6 Å². The Labute approximate surface area is 193 Å². The number of rotatable bonds is 7. The Morgan fingerprint density at radius 2 is 1.84 bits per heavy atom. The molecule has 0 radical (unpaired) electrons. The lowest BCUT2D eigenvalue weighted by Crippen LogP contribution is -2.47. The number of carbonyl (C=O) groups excluding carboxylic acids is 2. The molecule has 2 amide bonds. The molecule has 2 aromatic rings. The highest BCUT2D eigenvalue weighted by Gasteiger charge is 2.33. The quantitative estimate of drug-likeness (QED) is 0.624. The number of aryl methyl sites for hydroxylation is 1. The molecule has 1 N–H and O–H groups in total. The van der Waals surface area contributed by atoms with E-state index < -0.39 is 6.04 Å². The first kappa shape index (κ1) is 22.5. The SMILES string of the molecule is Cc1ccccc1[C@@H](C(=O)NC1CCCCC1)N(Cc1ccc2c(c1)OCO2)C(=O)CCl. The van der Waals surface area contributed by atoms with Crippen LogP contribution in [0, 0.1) is 6.92 Å². The monoisotopic (exact) mass is 456 g/mol. The molecule has 1 heterocycles. The molecule has 1 fully saturated rings. The highest BCUT2D eigenvalue weighted by Crippen LogP contribution is 2.34. The first-order valence-corrected chi connectivity index (χ1v) is 11.7. The van der Waals surface area contributed by atoms with Gasteiger partial charge < -0.3 is 19.7 Å². The second-order valence-corrected chi connectivity index (χ2v) is 8.71. The molecule has 0 spiro atoms. The highest BCUT2D eigenvalue weighted by molar-refractivity contribution is 6.27. The van der Waals surface area contributed by atoms with E-state index in [0.717, 1.165) is 42.4 Å². The maximum absolute atomic E-state index is 13.6. The molecule has 2 aliphatic rings. The predicted octanol–water partition coefficient (Wildman–Crippen LogP) is 4.48. The van der Waals surface area contributed by atoms with E-state index in [1.165, 1.54) is 6.42 Å². The highest BCUT2D eigenvalue weighted by atomic mass is 35.5. The van der Waals surface area contributed by atoms with Gasteiger partial charge in [0.2, 0.25) is 18.6 Å². The minimum absolute atomic E-state index is 0.140. The van der Waals surface area contributed by atoms with Crippen LogP contribution in [-0.2, 0) is 16.1 Å². The zero-order valence-corrected chi connectivity index (χ0v) is 19.1. The van der Waals surface area contributed by atoms with Gasteiger partial charge in [0.1, 0.15) is 11.9 Å². The third kappa shape index (κ3) is 5.01. The first-order valence-electron chi connectivity index (χ1n) is 11.2. The first-order chi connectivity index (χ1) is 15.6. The molecule has 0 unspecified atom stereocenters. The molecule has 0 saturated heterocycles. The van der Waals surface area contributed by atoms with Crippen molar-refractivity contribution in [1.29, 1.82) is 0 Å². The van der Waals surface area contributed by atoms with Crippen LogP contribution in [0.2, 0.25) is 0 Å². The molecular formula is C25H29ClN2O4. The normalized spacial score (nSPS) is 16.4. The molecule has 7 heteroatoms. The van der Waals surface area contributed by atoms with Crippen LogP contribution in [0.3, 0.4) is 0 Å². The largest absolute Gasteiger partial charge is 0.454 e. The van der Waals surface area contributed by atoms with Crippen molar-refractivity contribution in [2.75, 3.05) is 12.7 Å². The van der Waals surface area contributed by atoms with Gasteiger partial charge in [0.05, 0.1) is 0 Å². The Morgan fingerprint density at radius 1 is 1.09 bits per heavy atom. The van der Waals surface area contributed by atoms with Crippen LogP contribution < -0.4 is 14.8 Å². The van der Waals surface area contributed by atoms with Crippen molar-refractivity contribution >= 4 is 23.4 Å². The Morgan fingerprint density at radius 3 is 2.59 bits per heavy atom. The van der Waals surface area contributed by atoms with Gasteiger partial charge in [-0.15, -0.1) is 11.6 Å². The number of alkyl halides is 1. The van der Waals surface area contributed by atoms with Crippen LogP contribution in [0.5, 0.6) is 11.5 Å². The number of fused-ring (bicyclic) bond motifs is 1. The summed E-state index contributed by atoms with van der Waals surface area (Å²) in [7, 11) is 0.